The summed E-state index contributed by atoms with van der Waals surface area (Å²) < 4.78 is 2.11. The van der Waals surface area contributed by atoms with Crippen molar-refractivity contribution >= 4 is 11.6 Å². The average molecular weight is 302 g/mol. The van der Waals surface area contributed by atoms with Crippen LogP contribution in [-0.4, -0.2) is 19.9 Å². The molecule has 0 aliphatic carbocycles. The quantitative estimate of drug-likeness (QED) is 0.880. The lowest BCUT2D eigenvalue weighted by Crippen LogP contribution is -2.36. The molecule has 0 radical (unpaired) electrons. The lowest BCUT2D eigenvalue weighted by atomic mass is 9.82. The number of hydrogen-bond acceptors (Lipinski definition) is 3. The third-order valence-electron chi connectivity index (χ3n) is 3.53. The van der Waals surface area contributed by atoms with Gasteiger partial charge in [0, 0.05) is 17.9 Å². The first-order valence-corrected chi connectivity index (χ1v) is 8.17. The fourth-order valence-electron chi connectivity index (χ4n) is 3.31. The first kappa shape index (κ1) is 16.8. The Morgan fingerprint density at radius 3 is 2.45 bits per heavy atom. The molecule has 122 valence electrons. The summed E-state index contributed by atoms with van der Waals surface area (Å²) in [5.74, 6) is 2.32. The van der Waals surface area contributed by atoms with Crippen molar-refractivity contribution in [2.24, 2.45) is 11.3 Å². The highest BCUT2D eigenvalue weighted by molar-refractivity contribution is 5.52. The van der Waals surface area contributed by atoms with Crippen LogP contribution in [0.5, 0.6) is 0 Å². The van der Waals surface area contributed by atoms with Crippen LogP contribution in [0.25, 0.3) is 5.78 Å². The van der Waals surface area contributed by atoms with Crippen LogP contribution < -0.4 is 5.32 Å². The molecule has 2 rings (SSSR count). The van der Waals surface area contributed by atoms with E-state index in [-0.39, 0.29) is 11.0 Å². The van der Waals surface area contributed by atoms with E-state index in [1.165, 1.54) is 5.69 Å². The highest BCUT2D eigenvalue weighted by Crippen LogP contribution is 2.31. The lowest BCUT2D eigenvalue weighted by molar-refractivity contribution is 0.302. The molecule has 0 aromatic carbocycles. The molecule has 0 saturated carbocycles. The minimum absolute atomic E-state index is 0.0120. The van der Waals surface area contributed by atoms with E-state index in [1.54, 1.807) is 6.20 Å². The minimum Gasteiger partial charge on any atom is -0.364 e. The van der Waals surface area contributed by atoms with Gasteiger partial charge in [0.15, 0.2) is 5.82 Å². The number of imidazole rings is 1. The summed E-state index contributed by atoms with van der Waals surface area (Å²) in [6.07, 6.45) is 5.91. The second-order valence-corrected chi connectivity index (χ2v) is 8.54. The van der Waals surface area contributed by atoms with E-state index in [0.29, 0.717) is 5.92 Å². The predicted molar refractivity (Wildman–Crippen MR) is 93.3 cm³/mol. The van der Waals surface area contributed by atoms with Crippen molar-refractivity contribution in [2.75, 3.05) is 5.32 Å². The molecule has 0 bridgehead atoms. The molecule has 1 N–H and O–H groups in total. The molecule has 2 heterocycles. The molecule has 0 aliphatic rings. The van der Waals surface area contributed by atoms with Gasteiger partial charge in [-0.15, -0.1) is 0 Å². The summed E-state index contributed by atoms with van der Waals surface area (Å²) in [6.45, 7) is 15.8. The van der Waals surface area contributed by atoms with Gasteiger partial charge in [0.25, 0.3) is 0 Å². The van der Waals surface area contributed by atoms with Crippen molar-refractivity contribution in [3.63, 3.8) is 0 Å². The largest absolute Gasteiger partial charge is 0.364 e. The van der Waals surface area contributed by atoms with Gasteiger partial charge in [-0.2, -0.15) is 4.98 Å². The molecule has 0 spiro atoms. The fraction of sp³-hybridized carbons (Fsp3) is 0.667. The number of rotatable bonds is 5. The van der Waals surface area contributed by atoms with Gasteiger partial charge in [-0.05, 0) is 44.1 Å². The third-order valence-corrected chi connectivity index (χ3v) is 3.53. The minimum atomic E-state index is -0.0120. The molecule has 0 saturated heterocycles. The molecule has 0 amide bonds. The van der Waals surface area contributed by atoms with Crippen LogP contribution in [0.3, 0.4) is 0 Å². The van der Waals surface area contributed by atoms with Gasteiger partial charge in [-0.1, -0.05) is 34.6 Å². The Bertz CT molecular complexity index is 632. The SMILES string of the molecule is CC(C)Cc1c(NC(C)(C)CC(C)(C)C)nc2ncccn12. The second kappa shape index (κ2) is 5.90. The molecule has 0 aliphatic heterocycles. The number of nitrogens with zero attached hydrogens (tertiary/aromatic N) is 3. The Kier molecular flexibility index (Phi) is 4.50. The lowest BCUT2D eigenvalue weighted by Gasteiger charge is -2.33. The van der Waals surface area contributed by atoms with Crippen LogP contribution in [0, 0.1) is 11.3 Å². The maximum atomic E-state index is 4.72. The van der Waals surface area contributed by atoms with Crippen molar-refractivity contribution in [3.05, 3.63) is 24.2 Å². The zero-order valence-corrected chi connectivity index (χ0v) is 15.1. The topological polar surface area (TPSA) is 42.2 Å². The molecule has 22 heavy (non-hydrogen) atoms. The van der Waals surface area contributed by atoms with E-state index < -0.39 is 0 Å². The first-order valence-electron chi connectivity index (χ1n) is 8.17. The Morgan fingerprint density at radius 2 is 1.86 bits per heavy atom. The van der Waals surface area contributed by atoms with Gasteiger partial charge in [-0.3, -0.25) is 4.40 Å². The van der Waals surface area contributed by atoms with Crippen molar-refractivity contribution in [1.29, 1.82) is 0 Å². The number of hydrogen-bond donors (Lipinski definition) is 1. The van der Waals surface area contributed by atoms with Gasteiger partial charge >= 0.3 is 0 Å². The molecular formula is C18H30N4. The van der Waals surface area contributed by atoms with Crippen molar-refractivity contribution < 1.29 is 0 Å². The summed E-state index contributed by atoms with van der Waals surface area (Å²) in [6, 6.07) is 1.96. The Balaban J connectivity index is 2.37. The van der Waals surface area contributed by atoms with E-state index >= 15 is 0 Å². The summed E-state index contributed by atoms with van der Waals surface area (Å²) in [4.78, 5) is 9.11. The van der Waals surface area contributed by atoms with Crippen LogP contribution in [0.15, 0.2) is 18.5 Å². The van der Waals surface area contributed by atoms with E-state index in [2.05, 4.69) is 69.4 Å². The van der Waals surface area contributed by atoms with Crippen LogP contribution in [0.2, 0.25) is 0 Å². The summed E-state index contributed by atoms with van der Waals surface area (Å²) in [5.41, 5.74) is 1.48. The molecule has 4 heteroatoms. The molecule has 0 atom stereocenters. The maximum Gasteiger partial charge on any atom is 0.235 e. The van der Waals surface area contributed by atoms with Crippen molar-refractivity contribution in [1.82, 2.24) is 14.4 Å². The summed E-state index contributed by atoms with van der Waals surface area (Å²) >= 11 is 0. The van der Waals surface area contributed by atoms with E-state index in [9.17, 15) is 0 Å². The fourth-order valence-corrected chi connectivity index (χ4v) is 3.31. The van der Waals surface area contributed by atoms with Crippen molar-refractivity contribution in [3.8, 4) is 0 Å². The van der Waals surface area contributed by atoms with E-state index in [4.69, 9.17) is 4.98 Å². The molecule has 4 nitrogen and oxygen atoms in total. The van der Waals surface area contributed by atoms with Gasteiger partial charge in [0.05, 0.1) is 5.69 Å². The monoisotopic (exact) mass is 302 g/mol. The Hall–Kier alpha value is -1.58. The van der Waals surface area contributed by atoms with Gasteiger partial charge in [0.1, 0.15) is 0 Å². The van der Waals surface area contributed by atoms with Crippen LogP contribution in [-0.2, 0) is 6.42 Å². The number of aromatic nitrogens is 3. The van der Waals surface area contributed by atoms with Gasteiger partial charge < -0.3 is 5.32 Å². The standard InChI is InChI=1S/C18H30N4/c1-13(2)11-14-15(20-16-19-9-8-10-22(14)16)21-18(6,7)12-17(3,4)5/h8-10,13,21H,11-12H2,1-7H3. The molecule has 2 aromatic rings. The van der Waals surface area contributed by atoms with Crippen LogP contribution >= 0.6 is 0 Å². The van der Waals surface area contributed by atoms with Gasteiger partial charge in [-0.25, -0.2) is 4.98 Å². The normalized spacial score (nSPS) is 13.1. The highest BCUT2D eigenvalue weighted by atomic mass is 15.2. The summed E-state index contributed by atoms with van der Waals surface area (Å²) in [7, 11) is 0. The van der Waals surface area contributed by atoms with E-state index in [1.807, 2.05) is 6.07 Å². The van der Waals surface area contributed by atoms with Crippen LogP contribution in [0.1, 0.15) is 60.6 Å². The molecule has 0 fully saturated rings. The van der Waals surface area contributed by atoms with E-state index in [0.717, 1.165) is 24.4 Å². The smallest absolute Gasteiger partial charge is 0.235 e. The zero-order chi connectivity index (χ0) is 16.5. The Labute approximate surface area is 134 Å². The summed E-state index contributed by atoms with van der Waals surface area (Å²) in [5, 5.41) is 3.67. The molecular weight excluding hydrogens is 272 g/mol. The first-order chi connectivity index (χ1) is 10.1. The maximum absolute atomic E-state index is 4.72. The second-order valence-electron chi connectivity index (χ2n) is 8.54. The number of anilines is 1. The van der Waals surface area contributed by atoms with Crippen molar-refractivity contribution in [2.45, 2.75) is 66.8 Å². The number of fused-ring (bicyclic) bond motifs is 1. The predicted octanol–water partition coefficient (Wildman–Crippen LogP) is 4.55. The zero-order valence-electron chi connectivity index (χ0n) is 15.1. The third kappa shape index (κ3) is 4.21. The van der Waals surface area contributed by atoms with Crippen LogP contribution in [0.4, 0.5) is 5.82 Å². The molecule has 2 aromatic heterocycles. The number of nitrogens with one attached hydrogen (secondary N) is 1. The highest BCUT2D eigenvalue weighted by Gasteiger charge is 2.27. The average Bonchev–Trinajstić information content (AvgIpc) is 2.63. The molecule has 0 unspecified atom stereocenters. The Morgan fingerprint density at radius 1 is 1.18 bits per heavy atom. The van der Waals surface area contributed by atoms with Gasteiger partial charge in [0.2, 0.25) is 5.78 Å².